The van der Waals surface area contributed by atoms with Gasteiger partial charge in [0.2, 0.25) is 5.91 Å². The van der Waals surface area contributed by atoms with Crippen LogP contribution in [0.15, 0.2) is 34.9 Å². The first kappa shape index (κ1) is 16.4. The van der Waals surface area contributed by atoms with Crippen molar-refractivity contribution in [3.8, 4) is 0 Å². The second-order valence-corrected chi connectivity index (χ2v) is 6.78. The van der Waals surface area contributed by atoms with Crippen LogP contribution in [0.1, 0.15) is 6.42 Å². The van der Waals surface area contributed by atoms with Gasteiger partial charge in [0.1, 0.15) is 6.54 Å². The summed E-state index contributed by atoms with van der Waals surface area (Å²) >= 11 is 5.15. The van der Waals surface area contributed by atoms with Gasteiger partial charge in [-0.05, 0) is 42.7 Å². The molecule has 0 aliphatic rings. The number of carbonyl (C=O) groups excluding carboxylic acids is 1. The van der Waals surface area contributed by atoms with Gasteiger partial charge >= 0.3 is 0 Å². The second kappa shape index (κ2) is 7.87. The van der Waals surface area contributed by atoms with Gasteiger partial charge in [0.15, 0.2) is 0 Å². The molecule has 1 amide bonds. The lowest BCUT2D eigenvalue weighted by Gasteiger charge is -2.16. The van der Waals surface area contributed by atoms with Gasteiger partial charge in [-0.1, -0.05) is 15.9 Å². The Morgan fingerprint density at radius 1 is 1.48 bits per heavy atom. The van der Waals surface area contributed by atoms with Crippen molar-refractivity contribution < 1.29 is 9.90 Å². The molecule has 1 aromatic heterocycles. The van der Waals surface area contributed by atoms with E-state index in [0.717, 1.165) is 27.5 Å². The lowest BCUT2D eigenvalue weighted by Crippen LogP contribution is -2.39. The largest absolute Gasteiger partial charge is 0.394 e. The zero-order valence-electron chi connectivity index (χ0n) is 11.9. The summed E-state index contributed by atoms with van der Waals surface area (Å²) in [6.07, 6.45) is 4.70. The predicted molar refractivity (Wildman–Crippen MR) is 91.7 cm³/mol. The molecular formula is C15H19BrN2O2S. The molecule has 0 saturated carbocycles. The Morgan fingerprint density at radius 3 is 3.00 bits per heavy atom. The topological polar surface area (TPSA) is 54.3 Å². The van der Waals surface area contributed by atoms with E-state index < -0.39 is 0 Å². The van der Waals surface area contributed by atoms with Gasteiger partial charge in [0, 0.05) is 21.6 Å². The highest BCUT2D eigenvalue weighted by Gasteiger charge is 2.12. The molecule has 0 bridgehead atoms. The van der Waals surface area contributed by atoms with Crippen molar-refractivity contribution in [1.29, 1.82) is 0 Å². The zero-order valence-corrected chi connectivity index (χ0v) is 14.3. The second-order valence-electron chi connectivity index (χ2n) is 4.88. The van der Waals surface area contributed by atoms with E-state index in [4.69, 9.17) is 0 Å². The molecule has 0 spiro atoms. The van der Waals surface area contributed by atoms with Gasteiger partial charge in [-0.25, -0.2) is 0 Å². The number of aromatic nitrogens is 1. The van der Waals surface area contributed by atoms with E-state index in [1.807, 2.05) is 41.3 Å². The van der Waals surface area contributed by atoms with Crippen molar-refractivity contribution in [1.82, 2.24) is 9.88 Å². The number of amides is 1. The molecule has 1 atom stereocenters. The summed E-state index contributed by atoms with van der Waals surface area (Å²) < 4.78 is 2.94. The monoisotopic (exact) mass is 370 g/mol. The molecule has 0 saturated heterocycles. The fourth-order valence-electron chi connectivity index (χ4n) is 2.21. The number of thioether (sulfide) groups is 1. The first-order valence-electron chi connectivity index (χ1n) is 6.77. The van der Waals surface area contributed by atoms with Crippen LogP contribution < -0.4 is 5.32 Å². The summed E-state index contributed by atoms with van der Waals surface area (Å²) in [5.41, 5.74) is 1.03. The van der Waals surface area contributed by atoms with Crippen molar-refractivity contribution in [2.75, 3.05) is 18.6 Å². The lowest BCUT2D eigenvalue weighted by molar-refractivity contribution is -0.122. The third-order valence-corrected chi connectivity index (χ3v) is 4.44. The highest BCUT2D eigenvalue weighted by molar-refractivity contribution is 9.10. The molecule has 114 valence electrons. The number of nitrogens with zero attached hydrogens (tertiary/aromatic N) is 1. The summed E-state index contributed by atoms with van der Waals surface area (Å²) in [6.45, 7) is 0.243. The molecule has 4 nitrogen and oxygen atoms in total. The van der Waals surface area contributed by atoms with Crippen LogP contribution in [0.3, 0.4) is 0 Å². The van der Waals surface area contributed by atoms with Gasteiger partial charge in [0.05, 0.1) is 12.6 Å². The minimum atomic E-state index is -0.166. The quantitative estimate of drug-likeness (QED) is 0.787. The summed E-state index contributed by atoms with van der Waals surface area (Å²) in [5, 5.41) is 13.3. The minimum absolute atomic E-state index is 0.0221. The number of hydrogen-bond acceptors (Lipinski definition) is 3. The minimum Gasteiger partial charge on any atom is -0.394 e. The normalized spacial score (nSPS) is 12.5. The highest BCUT2D eigenvalue weighted by Crippen LogP contribution is 2.20. The highest BCUT2D eigenvalue weighted by atomic mass is 79.9. The fraction of sp³-hybridized carbons (Fsp3) is 0.400. The molecule has 1 aromatic carbocycles. The van der Waals surface area contributed by atoms with Crippen LogP contribution in [-0.4, -0.2) is 40.2 Å². The van der Waals surface area contributed by atoms with Crippen molar-refractivity contribution >= 4 is 44.5 Å². The van der Waals surface area contributed by atoms with Gasteiger partial charge in [0.25, 0.3) is 0 Å². The molecular weight excluding hydrogens is 352 g/mol. The van der Waals surface area contributed by atoms with Crippen LogP contribution in [0.4, 0.5) is 0 Å². The number of carbonyl (C=O) groups is 1. The first-order valence-corrected chi connectivity index (χ1v) is 8.96. The number of nitrogens with one attached hydrogen (secondary N) is 1. The third-order valence-electron chi connectivity index (χ3n) is 3.30. The van der Waals surface area contributed by atoms with Crippen molar-refractivity contribution in [3.63, 3.8) is 0 Å². The number of benzene rings is 1. The van der Waals surface area contributed by atoms with Gasteiger partial charge < -0.3 is 15.0 Å². The van der Waals surface area contributed by atoms with Crippen molar-refractivity contribution in [2.24, 2.45) is 0 Å². The van der Waals surface area contributed by atoms with Crippen LogP contribution in [0.25, 0.3) is 10.9 Å². The Bertz CT molecular complexity index is 615. The van der Waals surface area contributed by atoms with E-state index in [1.54, 1.807) is 11.8 Å². The van der Waals surface area contributed by atoms with Gasteiger partial charge in [-0.2, -0.15) is 11.8 Å². The van der Waals surface area contributed by atoms with Crippen molar-refractivity contribution in [3.05, 3.63) is 34.9 Å². The van der Waals surface area contributed by atoms with Crippen LogP contribution in [0.5, 0.6) is 0 Å². The van der Waals surface area contributed by atoms with E-state index in [1.165, 1.54) is 0 Å². The van der Waals surface area contributed by atoms with E-state index >= 15 is 0 Å². The average molecular weight is 371 g/mol. The van der Waals surface area contributed by atoms with E-state index in [2.05, 4.69) is 21.2 Å². The molecule has 6 heteroatoms. The van der Waals surface area contributed by atoms with Crippen LogP contribution in [0, 0.1) is 0 Å². The Kier molecular flexibility index (Phi) is 6.14. The molecule has 1 heterocycles. The average Bonchev–Trinajstić information content (AvgIpc) is 2.85. The number of rotatable bonds is 7. The Balaban J connectivity index is 2.00. The smallest absolute Gasteiger partial charge is 0.240 e. The number of aliphatic hydroxyl groups is 1. The number of hydrogen-bond donors (Lipinski definition) is 2. The molecule has 2 N–H and O–H groups in total. The summed E-state index contributed by atoms with van der Waals surface area (Å²) in [5.74, 6) is 0.849. The molecule has 0 radical (unpaired) electrons. The first-order chi connectivity index (χ1) is 10.1. The third kappa shape index (κ3) is 4.49. The van der Waals surface area contributed by atoms with E-state index in [0.29, 0.717) is 0 Å². The molecule has 0 aliphatic heterocycles. The maximum absolute atomic E-state index is 12.1. The maximum atomic E-state index is 12.1. The summed E-state index contributed by atoms with van der Waals surface area (Å²) in [7, 11) is 0. The molecule has 0 fully saturated rings. The van der Waals surface area contributed by atoms with Crippen LogP contribution in [0.2, 0.25) is 0 Å². The SMILES string of the molecule is CSCC[C@@H](CO)NC(=O)Cn1ccc2cc(Br)ccc21. The Hall–Kier alpha value is -0.980. The summed E-state index contributed by atoms with van der Waals surface area (Å²) in [4.78, 5) is 12.1. The Labute approximate surface area is 137 Å². The maximum Gasteiger partial charge on any atom is 0.240 e. The van der Waals surface area contributed by atoms with Crippen LogP contribution in [-0.2, 0) is 11.3 Å². The van der Waals surface area contributed by atoms with Gasteiger partial charge in [-0.15, -0.1) is 0 Å². The predicted octanol–water partition coefficient (Wildman–Crippen LogP) is 2.63. The lowest BCUT2D eigenvalue weighted by atomic mass is 10.2. The number of aliphatic hydroxyl groups excluding tert-OH is 1. The molecule has 0 unspecified atom stereocenters. The molecule has 0 aliphatic carbocycles. The molecule has 2 aromatic rings. The van der Waals surface area contributed by atoms with Crippen molar-refractivity contribution in [2.45, 2.75) is 19.0 Å². The summed E-state index contributed by atoms with van der Waals surface area (Å²) in [6, 6.07) is 7.81. The Morgan fingerprint density at radius 2 is 2.29 bits per heavy atom. The molecule has 2 rings (SSSR count). The van der Waals surface area contributed by atoms with Gasteiger partial charge in [-0.3, -0.25) is 4.79 Å². The number of halogens is 1. The fourth-order valence-corrected chi connectivity index (χ4v) is 3.11. The zero-order chi connectivity index (χ0) is 15.2. The standard InChI is InChI=1S/C15H19BrN2O2S/c1-21-7-5-13(10-19)17-15(20)9-18-6-4-11-8-12(16)2-3-14(11)18/h2-4,6,8,13,19H,5,7,9-10H2,1H3,(H,17,20)/t13-/m0/s1. The molecule has 21 heavy (non-hydrogen) atoms. The number of fused-ring (bicyclic) bond motifs is 1. The van der Waals surface area contributed by atoms with Crippen LogP contribution >= 0.6 is 27.7 Å². The van der Waals surface area contributed by atoms with E-state index in [-0.39, 0.29) is 25.1 Å². The van der Waals surface area contributed by atoms with E-state index in [9.17, 15) is 9.90 Å².